The van der Waals surface area contributed by atoms with Gasteiger partial charge in [-0.1, -0.05) is 20.8 Å². The van der Waals surface area contributed by atoms with Gasteiger partial charge in [0.15, 0.2) is 5.69 Å². The molecule has 0 radical (unpaired) electrons. The maximum Gasteiger partial charge on any atom is 0.272 e. The zero-order valence-corrected chi connectivity index (χ0v) is 13.7. The number of nitrogens with zero attached hydrogens (tertiary/aromatic N) is 3. The number of amides is 1. The second-order valence-electron chi connectivity index (χ2n) is 5.63. The number of hydrogen-bond donors (Lipinski definition) is 2. The highest BCUT2D eigenvalue weighted by molar-refractivity contribution is 5.97. The Bertz CT molecular complexity index is 459. The van der Waals surface area contributed by atoms with Crippen molar-refractivity contribution in [3.8, 4) is 0 Å². The van der Waals surface area contributed by atoms with E-state index in [0.29, 0.717) is 23.8 Å². The Kier molecular flexibility index (Phi) is 7.08. The highest BCUT2D eigenvalue weighted by atomic mass is 16.1. The molecule has 6 nitrogen and oxygen atoms in total. The lowest BCUT2D eigenvalue weighted by atomic mass is 10.2. The second-order valence-corrected chi connectivity index (χ2v) is 5.63. The van der Waals surface area contributed by atoms with E-state index in [4.69, 9.17) is 0 Å². The molecule has 0 aliphatic rings. The van der Waals surface area contributed by atoms with Gasteiger partial charge in [0, 0.05) is 25.6 Å². The standard InChI is InChI=1S/C15H27N5O/c1-6-7-16-12-10-18-14(11(2)3)19-13(12)15(21)17-8-9-20(4)5/h10-11,16H,6-9H2,1-5H3,(H,17,21). The average Bonchev–Trinajstić information content (AvgIpc) is 2.44. The summed E-state index contributed by atoms with van der Waals surface area (Å²) in [5, 5.41) is 6.12. The topological polar surface area (TPSA) is 70.1 Å². The maximum absolute atomic E-state index is 12.3. The number of likely N-dealkylation sites (N-methyl/N-ethyl adjacent to an activating group) is 1. The van der Waals surface area contributed by atoms with Crippen LogP contribution < -0.4 is 10.6 Å². The molecule has 118 valence electrons. The van der Waals surface area contributed by atoms with Gasteiger partial charge in [0.2, 0.25) is 0 Å². The van der Waals surface area contributed by atoms with Crippen LogP contribution in [0.25, 0.3) is 0 Å². The molecular formula is C15H27N5O. The Balaban J connectivity index is 2.88. The molecular weight excluding hydrogens is 266 g/mol. The quantitative estimate of drug-likeness (QED) is 0.763. The van der Waals surface area contributed by atoms with Crippen LogP contribution in [0.3, 0.4) is 0 Å². The van der Waals surface area contributed by atoms with E-state index in [0.717, 1.165) is 19.5 Å². The van der Waals surface area contributed by atoms with Crippen LogP contribution in [0.2, 0.25) is 0 Å². The van der Waals surface area contributed by atoms with Gasteiger partial charge in [0.05, 0.1) is 11.9 Å². The van der Waals surface area contributed by atoms with Crippen molar-refractivity contribution in [2.45, 2.75) is 33.1 Å². The van der Waals surface area contributed by atoms with Crippen LogP contribution in [-0.4, -0.2) is 54.5 Å². The molecule has 0 atom stereocenters. The first-order valence-electron chi connectivity index (χ1n) is 7.49. The molecule has 0 aromatic carbocycles. The van der Waals surface area contributed by atoms with Crippen LogP contribution in [0.4, 0.5) is 5.69 Å². The number of nitrogens with one attached hydrogen (secondary N) is 2. The fourth-order valence-electron chi connectivity index (χ4n) is 1.71. The SMILES string of the molecule is CCCNc1cnc(C(C)C)nc1C(=O)NCCN(C)C. The van der Waals surface area contributed by atoms with E-state index in [2.05, 4.69) is 27.5 Å². The number of anilines is 1. The van der Waals surface area contributed by atoms with Crippen LogP contribution in [0.5, 0.6) is 0 Å². The van der Waals surface area contributed by atoms with Crippen LogP contribution in [-0.2, 0) is 0 Å². The van der Waals surface area contributed by atoms with Crippen molar-refractivity contribution in [2.24, 2.45) is 0 Å². The predicted octanol–water partition coefficient (Wildman–Crippen LogP) is 1.71. The molecule has 0 unspecified atom stereocenters. The summed E-state index contributed by atoms with van der Waals surface area (Å²) in [5.74, 6) is 0.730. The van der Waals surface area contributed by atoms with E-state index in [1.807, 2.05) is 32.8 Å². The first-order chi connectivity index (χ1) is 9.95. The third-order valence-electron chi connectivity index (χ3n) is 2.95. The molecule has 0 bridgehead atoms. The minimum atomic E-state index is -0.153. The average molecular weight is 293 g/mol. The summed E-state index contributed by atoms with van der Waals surface area (Å²) in [6.07, 6.45) is 2.69. The lowest BCUT2D eigenvalue weighted by Crippen LogP contribution is -2.32. The monoisotopic (exact) mass is 293 g/mol. The molecule has 0 fully saturated rings. The summed E-state index contributed by atoms with van der Waals surface area (Å²) in [6.45, 7) is 8.30. The summed E-state index contributed by atoms with van der Waals surface area (Å²) in [4.78, 5) is 23.1. The molecule has 0 spiro atoms. The highest BCUT2D eigenvalue weighted by Crippen LogP contribution is 2.16. The van der Waals surface area contributed by atoms with Gasteiger partial charge in [-0.25, -0.2) is 9.97 Å². The summed E-state index contributed by atoms with van der Waals surface area (Å²) in [5.41, 5.74) is 1.13. The molecule has 1 heterocycles. The van der Waals surface area contributed by atoms with Gasteiger partial charge in [-0.05, 0) is 20.5 Å². The van der Waals surface area contributed by atoms with Gasteiger partial charge in [0.1, 0.15) is 5.82 Å². The van der Waals surface area contributed by atoms with Gasteiger partial charge in [-0.15, -0.1) is 0 Å². The lowest BCUT2D eigenvalue weighted by molar-refractivity contribution is 0.0946. The fraction of sp³-hybridized carbons (Fsp3) is 0.667. The van der Waals surface area contributed by atoms with Crippen molar-refractivity contribution >= 4 is 11.6 Å². The molecule has 0 aliphatic heterocycles. The van der Waals surface area contributed by atoms with E-state index in [1.54, 1.807) is 6.20 Å². The smallest absolute Gasteiger partial charge is 0.272 e. The van der Waals surface area contributed by atoms with Crippen molar-refractivity contribution in [3.63, 3.8) is 0 Å². The van der Waals surface area contributed by atoms with Crippen molar-refractivity contribution < 1.29 is 4.79 Å². The highest BCUT2D eigenvalue weighted by Gasteiger charge is 2.16. The second kappa shape index (κ2) is 8.56. The molecule has 1 aromatic rings. The minimum absolute atomic E-state index is 0.153. The van der Waals surface area contributed by atoms with E-state index in [-0.39, 0.29) is 11.8 Å². The van der Waals surface area contributed by atoms with Crippen molar-refractivity contribution in [1.29, 1.82) is 0 Å². The van der Waals surface area contributed by atoms with Gasteiger partial charge in [0.25, 0.3) is 5.91 Å². The van der Waals surface area contributed by atoms with Gasteiger partial charge in [-0.3, -0.25) is 4.79 Å². The Hall–Kier alpha value is -1.69. The summed E-state index contributed by atoms with van der Waals surface area (Å²) >= 11 is 0. The first-order valence-corrected chi connectivity index (χ1v) is 7.49. The Morgan fingerprint density at radius 2 is 2.05 bits per heavy atom. The number of hydrogen-bond acceptors (Lipinski definition) is 5. The number of carbonyl (C=O) groups excluding carboxylic acids is 1. The van der Waals surface area contributed by atoms with Gasteiger partial charge < -0.3 is 15.5 Å². The fourth-order valence-corrected chi connectivity index (χ4v) is 1.71. The summed E-state index contributed by atoms with van der Waals surface area (Å²) in [6, 6.07) is 0. The van der Waals surface area contributed by atoms with Crippen LogP contribution in [0.15, 0.2) is 6.20 Å². The Labute approximate surface area is 127 Å². The molecule has 0 saturated carbocycles. The van der Waals surface area contributed by atoms with Crippen LogP contribution >= 0.6 is 0 Å². The summed E-state index contributed by atoms with van der Waals surface area (Å²) in [7, 11) is 3.95. The normalized spacial score (nSPS) is 11.0. The molecule has 0 aliphatic carbocycles. The zero-order chi connectivity index (χ0) is 15.8. The molecule has 0 saturated heterocycles. The predicted molar refractivity (Wildman–Crippen MR) is 85.8 cm³/mol. The largest absolute Gasteiger partial charge is 0.382 e. The number of rotatable bonds is 8. The lowest BCUT2D eigenvalue weighted by Gasteiger charge is -2.14. The zero-order valence-electron chi connectivity index (χ0n) is 13.7. The molecule has 1 rings (SSSR count). The van der Waals surface area contributed by atoms with Gasteiger partial charge >= 0.3 is 0 Å². The van der Waals surface area contributed by atoms with E-state index in [1.165, 1.54) is 0 Å². The van der Waals surface area contributed by atoms with E-state index >= 15 is 0 Å². The summed E-state index contributed by atoms with van der Waals surface area (Å²) < 4.78 is 0. The van der Waals surface area contributed by atoms with E-state index < -0.39 is 0 Å². The third-order valence-corrected chi connectivity index (χ3v) is 2.95. The Morgan fingerprint density at radius 1 is 1.33 bits per heavy atom. The molecule has 2 N–H and O–H groups in total. The Morgan fingerprint density at radius 3 is 2.62 bits per heavy atom. The van der Waals surface area contributed by atoms with E-state index in [9.17, 15) is 4.79 Å². The van der Waals surface area contributed by atoms with Crippen LogP contribution in [0.1, 0.15) is 49.4 Å². The van der Waals surface area contributed by atoms with Crippen molar-refractivity contribution in [1.82, 2.24) is 20.2 Å². The number of aromatic nitrogens is 2. The molecule has 21 heavy (non-hydrogen) atoms. The maximum atomic E-state index is 12.3. The first kappa shape index (κ1) is 17.4. The molecule has 1 amide bonds. The molecule has 6 heteroatoms. The van der Waals surface area contributed by atoms with Crippen molar-refractivity contribution in [2.75, 3.05) is 39.0 Å². The molecule has 1 aromatic heterocycles. The van der Waals surface area contributed by atoms with Gasteiger partial charge in [-0.2, -0.15) is 0 Å². The van der Waals surface area contributed by atoms with Crippen LogP contribution in [0, 0.1) is 0 Å². The van der Waals surface area contributed by atoms with Crippen molar-refractivity contribution in [3.05, 3.63) is 17.7 Å². The third kappa shape index (κ3) is 5.67. The minimum Gasteiger partial charge on any atom is -0.382 e. The number of carbonyl (C=O) groups is 1.